The van der Waals surface area contributed by atoms with E-state index in [9.17, 15) is 13.2 Å². The van der Waals surface area contributed by atoms with Gasteiger partial charge in [-0.3, -0.25) is 0 Å². The van der Waals surface area contributed by atoms with E-state index in [2.05, 4.69) is 43.0 Å². The monoisotopic (exact) mass is 351 g/mol. The van der Waals surface area contributed by atoms with Crippen molar-refractivity contribution in [2.75, 3.05) is 6.54 Å². The summed E-state index contributed by atoms with van der Waals surface area (Å²) in [4.78, 5) is 0. The second-order valence-electron chi connectivity index (χ2n) is 7.11. The normalized spacial score (nSPS) is 13.5. The molecule has 0 radical (unpaired) electrons. The summed E-state index contributed by atoms with van der Waals surface area (Å²) < 4.78 is 40.9. The molecule has 2 aromatic rings. The van der Waals surface area contributed by atoms with Crippen LogP contribution in [0.25, 0.3) is 0 Å². The second-order valence-corrected chi connectivity index (χ2v) is 7.11. The van der Waals surface area contributed by atoms with Gasteiger partial charge in [0.15, 0.2) is 0 Å². The van der Waals surface area contributed by atoms with Gasteiger partial charge in [0.2, 0.25) is 0 Å². The van der Waals surface area contributed by atoms with Crippen molar-refractivity contribution in [3.8, 4) is 5.75 Å². The number of ether oxygens (including phenoxy) is 1. The van der Waals surface area contributed by atoms with Gasteiger partial charge in [-0.15, -0.1) is 13.2 Å². The lowest BCUT2D eigenvalue weighted by molar-refractivity contribution is -0.274. The van der Waals surface area contributed by atoms with Crippen molar-refractivity contribution < 1.29 is 17.9 Å². The van der Waals surface area contributed by atoms with Gasteiger partial charge in [-0.1, -0.05) is 63.2 Å². The Morgan fingerprint density at radius 1 is 0.960 bits per heavy atom. The van der Waals surface area contributed by atoms with Gasteiger partial charge >= 0.3 is 6.36 Å². The minimum absolute atomic E-state index is 0.0165. The van der Waals surface area contributed by atoms with E-state index in [1.165, 1.54) is 17.7 Å². The maximum Gasteiger partial charge on any atom is 0.573 e. The summed E-state index contributed by atoms with van der Waals surface area (Å²) in [6.45, 7) is 7.15. The third-order valence-corrected chi connectivity index (χ3v) is 3.89. The summed E-state index contributed by atoms with van der Waals surface area (Å²) in [7, 11) is 0. The SMILES string of the molecule is CC(C)(C)C(NCCc1cccc(OC(F)(F)F)c1)c1ccccc1. The molecular weight excluding hydrogens is 327 g/mol. The molecule has 2 rings (SSSR count). The van der Waals surface area contributed by atoms with E-state index in [0.29, 0.717) is 13.0 Å². The Morgan fingerprint density at radius 3 is 2.24 bits per heavy atom. The van der Waals surface area contributed by atoms with E-state index in [4.69, 9.17) is 0 Å². The zero-order valence-corrected chi connectivity index (χ0v) is 14.7. The first-order valence-corrected chi connectivity index (χ1v) is 8.28. The third-order valence-electron chi connectivity index (χ3n) is 3.89. The maximum atomic E-state index is 12.3. The van der Waals surface area contributed by atoms with Crippen molar-refractivity contribution in [3.63, 3.8) is 0 Å². The molecule has 5 heteroatoms. The first-order valence-electron chi connectivity index (χ1n) is 8.28. The number of nitrogens with one attached hydrogen (secondary N) is 1. The zero-order valence-electron chi connectivity index (χ0n) is 14.7. The lowest BCUT2D eigenvalue weighted by Crippen LogP contribution is -2.33. The summed E-state index contributed by atoms with van der Waals surface area (Å²) in [6.07, 6.45) is -4.05. The molecule has 0 heterocycles. The van der Waals surface area contributed by atoms with E-state index < -0.39 is 6.36 Å². The van der Waals surface area contributed by atoms with Crippen molar-refractivity contribution >= 4 is 0 Å². The molecule has 0 fully saturated rings. The molecule has 0 amide bonds. The minimum Gasteiger partial charge on any atom is -0.406 e. The molecule has 25 heavy (non-hydrogen) atoms. The van der Waals surface area contributed by atoms with Gasteiger partial charge in [-0.25, -0.2) is 0 Å². The van der Waals surface area contributed by atoms with Crippen LogP contribution < -0.4 is 10.1 Å². The first-order chi connectivity index (χ1) is 11.6. The molecule has 0 saturated heterocycles. The molecule has 0 spiro atoms. The van der Waals surface area contributed by atoms with Gasteiger partial charge < -0.3 is 10.1 Å². The van der Waals surface area contributed by atoms with Crippen LogP contribution in [-0.4, -0.2) is 12.9 Å². The van der Waals surface area contributed by atoms with Crippen LogP contribution in [0, 0.1) is 5.41 Å². The van der Waals surface area contributed by atoms with E-state index >= 15 is 0 Å². The fraction of sp³-hybridized carbons (Fsp3) is 0.400. The largest absolute Gasteiger partial charge is 0.573 e. The Balaban J connectivity index is 1.99. The molecule has 1 unspecified atom stereocenters. The fourth-order valence-corrected chi connectivity index (χ4v) is 2.83. The summed E-state index contributed by atoms with van der Waals surface area (Å²) in [5.74, 6) is -0.180. The average Bonchev–Trinajstić information content (AvgIpc) is 2.50. The summed E-state index contributed by atoms with van der Waals surface area (Å²) >= 11 is 0. The van der Waals surface area contributed by atoms with Gasteiger partial charge in [-0.05, 0) is 41.6 Å². The summed E-state index contributed by atoms with van der Waals surface area (Å²) in [6, 6.07) is 16.5. The topological polar surface area (TPSA) is 21.3 Å². The number of rotatable bonds is 6. The van der Waals surface area contributed by atoms with E-state index in [1.807, 2.05) is 18.2 Å². The molecule has 2 aromatic carbocycles. The third kappa shape index (κ3) is 6.42. The number of halogens is 3. The average molecular weight is 351 g/mol. The fourth-order valence-electron chi connectivity index (χ4n) is 2.83. The second kappa shape index (κ2) is 7.91. The molecule has 2 nitrogen and oxygen atoms in total. The lowest BCUT2D eigenvalue weighted by atomic mass is 9.82. The van der Waals surface area contributed by atoms with Crippen LogP contribution in [0.5, 0.6) is 5.75 Å². The predicted molar refractivity (Wildman–Crippen MR) is 93.5 cm³/mol. The van der Waals surface area contributed by atoms with Gasteiger partial charge in [-0.2, -0.15) is 0 Å². The number of hydrogen-bond acceptors (Lipinski definition) is 2. The van der Waals surface area contributed by atoms with E-state index in [1.54, 1.807) is 12.1 Å². The molecule has 0 aliphatic rings. The van der Waals surface area contributed by atoms with Crippen molar-refractivity contribution in [1.29, 1.82) is 0 Å². The standard InChI is InChI=1S/C20H24F3NO/c1-19(2,3)18(16-9-5-4-6-10-16)24-13-12-15-8-7-11-17(14-15)25-20(21,22)23/h4-11,14,18,24H,12-13H2,1-3H3. The van der Waals surface area contributed by atoms with Crippen LogP contribution in [0.4, 0.5) is 13.2 Å². The van der Waals surface area contributed by atoms with Gasteiger partial charge in [0, 0.05) is 6.04 Å². The van der Waals surface area contributed by atoms with E-state index in [-0.39, 0.29) is 17.2 Å². The number of hydrogen-bond donors (Lipinski definition) is 1. The molecular formula is C20H24F3NO. The minimum atomic E-state index is -4.67. The van der Waals surface area contributed by atoms with Gasteiger partial charge in [0.1, 0.15) is 5.75 Å². The molecule has 1 N–H and O–H groups in total. The van der Waals surface area contributed by atoms with Crippen molar-refractivity contribution in [1.82, 2.24) is 5.32 Å². The number of alkyl halides is 3. The zero-order chi connectivity index (χ0) is 18.5. The Kier molecular flexibility index (Phi) is 6.11. The van der Waals surface area contributed by atoms with Crippen LogP contribution in [0.1, 0.15) is 37.9 Å². The first kappa shape index (κ1) is 19.3. The highest BCUT2D eigenvalue weighted by Gasteiger charge is 2.31. The van der Waals surface area contributed by atoms with Crippen molar-refractivity contribution in [3.05, 3.63) is 65.7 Å². The van der Waals surface area contributed by atoms with Crippen LogP contribution >= 0.6 is 0 Å². The highest BCUT2D eigenvalue weighted by molar-refractivity contribution is 5.29. The van der Waals surface area contributed by atoms with Crippen LogP contribution in [0.2, 0.25) is 0 Å². The lowest BCUT2D eigenvalue weighted by Gasteiger charge is -2.32. The summed E-state index contributed by atoms with van der Waals surface area (Å²) in [5, 5.41) is 3.53. The van der Waals surface area contributed by atoms with Gasteiger partial charge in [0.05, 0.1) is 0 Å². The Morgan fingerprint density at radius 2 is 1.64 bits per heavy atom. The molecule has 0 aliphatic carbocycles. The molecule has 0 bridgehead atoms. The Hall–Kier alpha value is -2.01. The molecule has 1 atom stereocenters. The highest BCUT2D eigenvalue weighted by Crippen LogP contribution is 2.32. The van der Waals surface area contributed by atoms with Crippen molar-refractivity contribution in [2.45, 2.75) is 39.6 Å². The molecule has 0 aliphatic heterocycles. The van der Waals surface area contributed by atoms with Crippen LogP contribution in [-0.2, 0) is 6.42 Å². The van der Waals surface area contributed by atoms with E-state index in [0.717, 1.165) is 5.56 Å². The van der Waals surface area contributed by atoms with Crippen LogP contribution in [0.15, 0.2) is 54.6 Å². The molecule has 0 saturated carbocycles. The van der Waals surface area contributed by atoms with Crippen molar-refractivity contribution in [2.24, 2.45) is 5.41 Å². The Labute approximate surface area is 147 Å². The predicted octanol–water partition coefficient (Wildman–Crippen LogP) is 5.50. The summed E-state index contributed by atoms with van der Waals surface area (Å²) in [5.41, 5.74) is 2.02. The number of benzene rings is 2. The smallest absolute Gasteiger partial charge is 0.406 e. The Bertz CT molecular complexity index is 663. The van der Waals surface area contributed by atoms with Crippen LogP contribution in [0.3, 0.4) is 0 Å². The quantitative estimate of drug-likeness (QED) is 0.741. The highest BCUT2D eigenvalue weighted by atomic mass is 19.4. The van der Waals surface area contributed by atoms with Gasteiger partial charge in [0.25, 0.3) is 0 Å². The molecule has 136 valence electrons. The molecule has 0 aromatic heterocycles. The maximum absolute atomic E-state index is 12.3.